The molecule has 2 amide bonds. The van der Waals surface area contributed by atoms with E-state index in [1.165, 1.54) is 6.42 Å². The van der Waals surface area contributed by atoms with Crippen molar-refractivity contribution in [2.75, 3.05) is 6.61 Å². The van der Waals surface area contributed by atoms with Crippen LogP contribution in [0.4, 0.5) is 0 Å². The SMILES string of the molecule is CC(C)[C@H](NC(=O)c1ccc(C(C)(C)C)cc1)C(=O)OCC(=O)N[C@@H]1CCCC[C@@H]1C. The molecule has 2 rings (SSSR count). The molecule has 1 fully saturated rings. The lowest BCUT2D eigenvalue weighted by atomic mass is 9.86. The number of amides is 2. The molecule has 1 aliphatic carbocycles. The van der Waals surface area contributed by atoms with Crippen molar-refractivity contribution in [1.82, 2.24) is 10.6 Å². The molecule has 0 aliphatic heterocycles. The zero-order valence-electron chi connectivity index (χ0n) is 19.8. The van der Waals surface area contributed by atoms with Crippen molar-refractivity contribution in [3.63, 3.8) is 0 Å². The molecule has 0 aromatic heterocycles. The number of ether oxygens (including phenoxy) is 1. The predicted octanol–water partition coefficient (Wildman–Crippen LogP) is 3.98. The van der Waals surface area contributed by atoms with Crippen LogP contribution in [0.2, 0.25) is 0 Å². The van der Waals surface area contributed by atoms with E-state index in [1.54, 1.807) is 12.1 Å². The lowest BCUT2D eigenvalue weighted by molar-refractivity contribution is -0.151. The molecule has 1 aromatic rings. The third-order valence-corrected chi connectivity index (χ3v) is 6.02. The maximum absolute atomic E-state index is 12.7. The Hall–Kier alpha value is -2.37. The summed E-state index contributed by atoms with van der Waals surface area (Å²) in [6.45, 7) is 11.8. The van der Waals surface area contributed by atoms with Crippen LogP contribution in [-0.4, -0.2) is 36.5 Å². The number of carbonyl (C=O) groups excluding carboxylic acids is 3. The highest BCUT2D eigenvalue weighted by Crippen LogP contribution is 2.24. The van der Waals surface area contributed by atoms with Crippen LogP contribution in [0.1, 0.15) is 83.1 Å². The fraction of sp³-hybridized carbons (Fsp3) is 0.640. The van der Waals surface area contributed by atoms with Crippen LogP contribution in [0.3, 0.4) is 0 Å². The first-order valence-electron chi connectivity index (χ1n) is 11.4. The van der Waals surface area contributed by atoms with E-state index < -0.39 is 12.0 Å². The zero-order chi connectivity index (χ0) is 23.2. The van der Waals surface area contributed by atoms with Crippen molar-refractivity contribution in [2.24, 2.45) is 11.8 Å². The lowest BCUT2D eigenvalue weighted by Gasteiger charge is -2.29. The zero-order valence-corrected chi connectivity index (χ0v) is 19.8. The molecular formula is C25H38N2O4. The summed E-state index contributed by atoms with van der Waals surface area (Å²) in [4.78, 5) is 37.5. The minimum absolute atomic E-state index is 0.00469. The van der Waals surface area contributed by atoms with Crippen LogP contribution in [0.5, 0.6) is 0 Å². The fourth-order valence-electron chi connectivity index (χ4n) is 3.85. The van der Waals surface area contributed by atoms with Gasteiger partial charge in [-0.2, -0.15) is 0 Å². The van der Waals surface area contributed by atoms with E-state index >= 15 is 0 Å². The molecule has 0 spiro atoms. The normalized spacial score (nSPS) is 20.1. The second kappa shape index (κ2) is 10.8. The van der Waals surface area contributed by atoms with Gasteiger partial charge in [-0.05, 0) is 47.8 Å². The smallest absolute Gasteiger partial charge is 0.329 e. The number of carbonyl (C=O) groups is 3. The van der Waals surface area contributed by atoms with Crippen LogP contribution in [0.25, 0.3) is 0 Å². The van der Waals surface area contributed by atoms with Gasteiger partial charge < -0.3 is 15.4 Å². The van der Waals surface area contributed by atoms with Gasteiger partial charge in [-0.1, -0.05) is 66.5 Å². The van der Waals surface area contributed by atoms with Crippen molar-refractivity contribution in [1.29, 1.82) is 0 Å². The molecule has 172 valence electrons. The van der Waals surface area contributed by atoms with E-state index in [9.17, 15) is 14.4 Å². The molecule has 6 heteroatoms. The van der Waals surface area contributed by atoms with Crippen LogP contribution in [-0.2, 0) is 19.7 Å². The van der Waals surface area contributed by atoms with E-state index in [2.05, 4.69) is 38.3 Å². The lowest BCUT2D eigenvalue weighted by Crippen LogP contribution is -2.47. The number of hydrogen-bond acceptors (Lipinski definition) is 4. The minimum atomic E-state index is -0.823. The molecule has 0 unspecified atom stereocenters. The summed E-state index contributed by atoms with van der Waals surface area (Å²) in [5.74, 6) is -0.968. The van der Waals surface area contributed by atoms with Crippen molar-refractivity contribution in [3.8, 4) is 0 Å². The Morgan fingerprint density at radius 2 is 1.68 bits per heavy atom. The van der Waals surface area contributed by atoms with Gasteiger partial charge in [0.2, 0.25) is 0 Å². The third-order valence-electron chi connectivity index (χ3n) is 6.02. The van der Waals surface area contributed by atoms with Crippen molar-refractivity contribution >= 4 is 17.8 Å². The number of hydrogen-bond donors (Lipinski definition) is 2. The number of nitrogens with one attached hydrogen (secondary N) is 2. The highest BCUT2D eigenvalue weighted by atomic mass is 16.5. The van der Waals surface area contributed by atoms with Crippen molar-refractivity contribution in [2.45, 2.75) is 84.7 Å². The first-order valence-corrected chi connectivity index (χ1v) is 11.4. The Morgan fingerprint density at radius 3 is 2.23 bits per heavy atom. The maximum Gasteiger partial charge on any atom is 0.329 e. The van der Waals surface area contributed by atoms with Gasteiger partial charge >= 0.3 is 5.97 Å². The van der Waals surface area contributed by atoms with Gasteiger partial charge in [0.1, 0.15) is 6.04 Å². The Kier molecular flexibility index (Phi) is 8.66. The van der Waals surface area contributed by atoms with Crippen molar-refractivity contribution in [3.05, 3.63) is 35.4 Å². The van der Waals surface area contributed by atoms with Crippen LogP contribution in [0.15, 0.2) is 24.3 Å². The third kappa shape index (κ3) is 7.37. The molecule has 0 saturated heterocycles. The summed E-state index contributed by atoms with van der Waals surface area (Å²) in [5.41, 5.74) is 1.60. The summed E-state index contributed by atoms with van der Waals surface area (Å²) in [7, 11) is 0. The summed E-state index contributed by atoms with van der Waals surface area (Å²) in [6.07, 6.45) is 4.35. The molecule has 2 N–H and O–H groups in total. The maximum atomic E-state index is 12.7. The second-order valence-electron chi connectivity index (χ2n) is 10.1. The predicted molar refractivity (Wildman–Crippen MR) is 122 cm³/mol. The Bertz CT molecular complexity index is 765. The van der Waals surface area contributed by atoms with Crippen LogP contribution in [0, 0.1) is 11.8 Å². The topological polar surface area (TPSA) is 84.5 Å². The molecule has 6 nitrogen and oxygen atoms in total. The number of rotatable bonds is 7. The molecule has 1 aliphatic rings. The minimum Gasteiger partial charge on any atom is -0.454 e. The average Bonchev–Trinajstić information content (AvgIpc) is 2.71. The second-order valence-corrected chi connectivity index (χ2v) is 10.1. The van der Waals surface area contributed by atoms with Crippen LogP contribution >= 0.6 is 0 Å². The highest BCUT2D eigenvalue weighted by Gasteiger charge is 2.28. The Morgan fingerprint density at radius 1 is 1.06 bits per heavy atom. The number of benzene rings is 1. The Labute approximate surface area is 186 Å². The van der Waals surface area contributed by atoms with Crippen LogP contribution < -0.4 is 10.6 Å². The number of esters is 1. The van der Waals surface area contributed by atoms with Crippen molar-refractivity contribution < 1.29 is 19.1 Å². The summed E-state index contributed by atoms with van der Waals surface area (Å²) in [6, 6.07) is 6.69. The first kappa shape index (κ1) is 24.9. The summed E-state index contributed by atoms with van der Waals surface area (Å²) < 4.78 is 5.24. The van der Waals surface area contributed by atoms with Gasteiger partial charge in [-0.15, -0.1) is 0 Å². The van der Waals surface area contributed by atoms with E-state index in [4.69, 9.17) is 4.74 Å². The van der Waals surface area contributed by atoms with Gasteiger partial charge in [0, 0.05) is 11.6 Å². The van der Waals surface area contributed by atoms with E-state index in [-0.39, 0.29) is 35.8 Å². The summed E-state index contributed by atoms with van der Waals surface area (Å²) >= 11 is 0. The quantitative estimate of drug-likeness (QED) is 0.641. The van der Waals surface area contributed by atoms with E-state index in [0.29, 0.717) is 11.5 Å². The molecule has 0 radical (unpaired) electrons. The molecule has 31 heavy (non-hydrogen) atoms. The average molecular weight is 431 g/mol. The largest absolute Gasteiger partial charge is 0.454 e. The van der Waals surface area contributed by atoms with Gasteiger partial charge in [0.15, 0.2) is 6.61 Å². The fourth-order valence-corrected chi connectivity index (χ4v) is 3.85. The first-order chi connectivity index (χ1) is 14.5. The molecule has 1 saturated carbocycles. The molecule has 0 heterocycles. The monoisotopic (exact) mass is 430 g/mol. The van der Waals surface area contributed by atoms with Gasteiger partial charge in [0.05, 0.1) is 0 Å². The molecule has 3 atom stereocenters. The summed E-state index contributed by atoms with van der Waals surface area (Å²) in [5, 5.41) is 5.73. The van der Waals surface area contributed by atoms with E-state index in [1.807, 2.05) is 26.0 Å². The molecule has 0 bridgehead atoms. The molecule has 1 aromatic carbocycles. The Balaban J connectivity index is 1.91. The highest BCUT2D eigenvalue weighted by molar-refractivity contribution is 5.97. The van der Waals surface area contributed by atoms with Gasteiger partial charge in [-0.3, -0.25) is 9.59 Å². The standard InChI is InChI=1S/C25H38N2O4/c1-16(2)22(27-23(29)18-11-13-19(14-12-18)25(4,5)6)24(30)31-15-21(28)26-20-10-8-7-9-17(20)3/h11-14,16-17,20,22H,7-10,15H2,1-6H3,(H,26,28)(H,27,29)/t17-,20+,22-/m0/s1. The molecular weight excluding hydrogens is 392 g/mol. The van der Waals surface area contributed by atoms with E-state index in [0.717, 1.165) is 24.8 Å². The van der Waals surface area contributed by atoms with Gasteiger partial charge in [0.25, 0.3) is 11.8 Å². The van der Waals surface area contributed by atoms with Gasteiger partial charge in [-0.25, -0.2) is 4.79 Å².